The number of hydrogen-bond donors (Lipinski definition) is 3. The van der Waals surface area contributed by atoms with Gasteiger partial charge in [0.15, 0.2) is 0 Å². The molecule has 2 amide bonds. The topological polar surface area (TPSA) is 78.4 Å². The van der Waals surface area contributed by atoms with Gasteiger partial charge < -0.3 is 15.7 Å². The molecule has 0 aliphatic rings. The van der Waals surface area contributed by atoms with E-state index in [-0.39, 0.29) is 17.7 Å². The summed E-state index contributed by atoms with van der Waals surface area (Å²) in [4.78, 5) is 23.4. The highest BCUT2D eigenvalue weighted by molar-refractivity contribution is 5.95. The number of benzene rings is 2. The fourth-order valence-electron chi connectivity index (χ4n) is 2.70. The summed E-state index contributed by atoms with van der Waals surface area (Å²) in [6.45, 7) is 3.63. The number of amides is 2. The lowest BCUT2D eigenvalue weighted by atomic mass is 9.93. The molecule has 0 radical (unpaired) electrons. The van der Waals surface area contributed by atoms with Gasteiger partial charge in [-0.05, 0) is 43.2 Å². The predicted octanol–water partition coefficient (Wildman–Crippen LogP) is 2.93. The third kappa shape index (κ3) is 6.04. The average Bonchev–Trinajstić information content (AvgIpc) is 2.59. The Balaban J connectivity index is 1.99. The van der Waals surface area contributed by atoms with E-state index in [0.717, 1.165) is 5.56 Å². The zero-order valence-corrected chi connectivity index (χ0v) is 14.5. The predicted molar refractivity (Wildman–Crippen MR) is 98.6 cm³/mol. The van der Waals surface area contributed by atoms with E-state index in [2.05, 4.69) is 10.6 Å². The minimum absolute atomic E-state index is 0.0452. The van der Waals surface area contributed by atoms with Crippen molar-refractivity contribution in [1.29, 1.82) is 0 Å². The number of nitrogens with one attached hydrogen (secondary N) is 2. The fraction of sp³-hybridized carbons (Fsp3) is 0.300. The molecule has 2 aromatic rings. The lowest BCUT2D eigenvalue weighted by molar-refractivity contribution is -0.114. The number of carbonyl (C=O) groups excluding carboxylic acids is 2. The number of aliphatic hydroxyl groups is 1. The summed E-state index contributed by atoms with van der Waals surface area (Å²) in [7, 11) is 0. The summed E-state index contributed by atoms with van der Waals surface area (Å²) in [5.74, 6) is -0.286. The van der Waals surface area contributed by atoms with Crippen molar-refractivity contribution >= 4 is 17.5 Å². The number of carbonyl (C=O) groups is 2. The molecule has 5 nitrogen and oxygen atoms in total. The summed E-state index contributed by atoms with van der Waals surface area (Å²) >= 11 is 0. The summed E-state index contributed by atoms with van der Waals surface area (Å²) < 4.78 is 0. The molecule has 2 aromatic carbocycles. The highest BCUT2D eigenvalue weighted by Crippen LogP contribution is 2.20. The minimum atomic E-state index is -0.445. The van der Waals surface area contributed by atoms with E-state index in [9.17, 15) is 14.7 Å². The second-order valence-corrected chi connectivity index (χ2v) is 6.16. The van der Waals surface area contributed by atoms with E-state index in [4.69, 9.17) is 0 Å². The average molecular weight is 340 g/mol. The van der Waals surface area contributed by atoms with Crippen LogP contribution in [0.5, 0.6) is 0 Å². The second kappa shape index (κ2) is 8.99. The van der Waals surface area contributed by atoms with Gasteiger partial charge >= 0.3 is 0 Å². The molecule has 0 aliphatic heterocycles. The lowest BCUT2D eigenvalue weighted by Gasteiger charge is -2.19. The molecule has 0 saturated carbocycles. The van der Waals surface area contributed by atoms with Crippen LogP contribution in [0.2, 0.25) is 0 Å². The van der Waals surface area contributed by atoms with Gasteiger partial charge in [-0.1, -0.05) is 30.3 Å². The molecule has 0 fully saturated rings. The van der Waals surface area contributed by atoms with Gasteiger partial charge in [-0.2, -0.15) is 0 Å². The molecule has 0 aromatic heterocycles. The Labute approximate surface area is 148 Å². The maximum atomic E-state index is 12.3. The van der Waals surface area contributed by atoms with Crippen molar-refractivity contribution in [3.8, 4) is 0 Å². The van der Waals surface area contributed by atoms with Crippen LogP contribution < -0.4 is 10.6 Å². The van der Waals surface area contributed by atoms with Crippen LogP contribution in [0.25, 0.3) is 0 Å². The van der Waals surface area contributed by atoms with E-state index >= 15 is 0 Å². The van der Waals surface area contributed by atoms with Crippen LogP contribution in [0.3, 0.4) is 0 Å². The standard InChI is InChI=1S/C20H24N2O3/c1-14(23)12-18(16-6-4-3-5-7-16)13-21-20(25)17-8-10-19(11-9-17)22-15(2)24/h3-11,14,18,23H,12-13H2,1-2H3,(H,21,25)(H,22,24). The molecule has 132 valence electrons. The molecule has 5 heteroatoms. The Bertz CT molecular complexity index is 697. The lowest BCUT2D eigenvalue weighted by Crippen LogP contribution is -2.29. The first-order valence-corrected chi connectivity index (χ1v) is 8.34. The second-order valence-electron chi connectivity index (χ2n) is 6.16. The van der Waals surface area contributed by atoms with Crippen LogP contribution in [0.1, 0.15) is 42.1 Å². The maximum absolute atomic E-state index is 12.3. The summed E-state index contributed by atoms with van der Waals surface area (Å²) in [5.41, 5.74) is 2.27. The Kier molecular flexibility index (Phi) is 6.71. The minimum Gasteiger partial charge on any atom is -0.393 e. The summed E-state index contributed by atoms with van der Waals surface area (Å²) in [6, 6.07) is 16.6. The van der Waals surface area contributed by atoms with Crippen molar-refractivity contribution < 1.29 is 14.7 Å². The number of rotatable bonds is 7. The molecule has 0 spiro atoms. The Morgan fingerprint density at radius 3 is 2.24 bits per heavy atom. The summed E-state index contributed by atoms with van der Waals surface area (Å²) in [6.07, 6.45) is 0.130. The first kappa shape index (κ1) is 18.7. The number of hydrogen-bond acceptors (Lipinski definition) is 3. The third-order valence-electron chi connectivity index (χ3n) is 3.87. The van der Waals surface area contributed by atoms with Crippen molar-refractivity contribution in [2.24, 2.45) is 0 Å². The molecule has 0 aliphatic carbocycles. The fourth-order valence-corrected chi connectivity index (χ4v) is 2.70. The van der Waals surface area contributed by atoms with Crippen LogP contribution in [0, 0.1) is 0 Å². The normalized spacial score (nSPS) is 12.9. The van der Waals surface area contributed by atoms with Crippen LogP contribution in [-0.2, 0) is 4.79 Å². The molecule has 2 rings (SSSR count). The van der Waals surface area contributed by atoms with Crippen molar-refractivity contribution in [2.75, 3.05) is 11.9 Å². The number of anilines is 1. The quantitative estimate of drug-likeness (QED) is 0.725. The molecule has 0 bridgehead atoms. The largest absolute Gasteiger partial charge is 0.393 e. The van der Waals surface area contributed by atoms with Crippen molar-refractivity contribution in [3.05, 3.63) is 65.7 Å². The van der Waals surface area contributed by atoms with Crippen LogP contribution in [0.15, 0.2) is 54.6 Å². The van der Waals surface area contributed by atoms with Crippen LogP contribution >= 0.6 is 0 Å². The molecule has 25 heavy (non-hydrogen) atoms. The molecular weight excluding hydrogens is 316 g/mol. The molecular formula is C20H24N2O3. The first-order chi connectivity index (χ1) is 12.0. The Morgan fingerprint density at radius 2 is 1.68 bits per heavy atom. The van der Waals surface area contributed by atoms with Gasteiger partial charge in [-0.25, -0.2) is 0 Å². The SMILES string of the molecule is CC(=O)Nc1ccc(C(=O)NCC(CC(C)O)c2ccccc2)cc1. The van der Waals surface area contributed by atoms with Gasteiger partial charge in [-0.15, -0.1) is 0 Å². The molecule has 3 N–H and O–H groups in total. The third-order valence-corrected chi connectivity index (χ3v) is 3.87. The van der Waals surface area contributed by atoms with E-state index < -0.39 is 6.10 Å². The van der Waals surface area contributed by atoms with Crippen LogP contribution in [0.4, 0.5) is 5.69 Å². The molecule has 0 saturated heterocycles. The monoisotopic (exact) mass is 340 g/mol. The van der Waals surface area contributed by atoms with Gasteiger partial charge in [0.2, 0.25) is 5.91 Å². The Morgan fingerprint density at radius 1 is 1.04 bits per heavy atom. The van der Waals surface area contributed by atoms with Crippen molar-refractivity contribution in [3.63, 3.8) is 0 Å². The molecule has 2 atom stereocenters. The molecule has 0 heterocycles. The zero-order valence-electron chi connectivity index (χ0n) is 14.5. The van der Waals surface area contributed by atoms with Gasteiger partial charge in [0.05, 0.1) is 6.10 Å². The van der Waals surface area contributed by atoms with E-state index in [1.54, 1.807) is 31.2 Å². The van der Waals surface area contributed by atoms with E-state index in [1.165, 1.54) is 6.92 Å². The van der Waals surface area contributed by atoms with Gasteiger partial charge in [0.25, 0.3) is 5.91 Å². The highest BCUT2D eigenvalue weighted by Gasteiger charge is 2.16. The molecule has 2 unspecified atom stereocenters. The van der Waals surface area contributed by atoms with Gasteiger partial charge in [0, 0.05) is 30.6 Å². The van der Waals surface area contributed by atoms with E-state index in [1.807, 2.05) is 30.3 Å². The van der Waals surface area contributed by atoms with Gasteiger partial charge in [0.1, 0.15) is 0 Å². The first-order valence-electron chi connectivity index (χ1n) is 8.34. The summed E-state index contributed by atoms with van der Waals surface area (Å²) in [5, 5.41) is 15.3. The zero-order chi connectivity index (χ0) is 18.2. The van der Waals surface area contributed by atoms with Crippen molar-refractivity contribution in [1.82, 2.24) is 5.32 Å². The van der Waals surface area contributed by atoms with E-state index in [0.29, 0.717) is 24.2 Å². The number of aliphatic hydroxyl groups excluding tert-OH is 1. The highest BCUT2D eigenvalue weighted by atomic mass is 16.3. The van der Waals surface area contributed by atoms with Crippen LogP contribution in [-0.4, -0.2) is 29.6 Å². The van der Waals surface area contributed by atoms with Gasteiger partial charge in [-0.3, -0.25) is 9.59 Å². The maximum Gasteiger partial charge on any atom is 0.251 e. The smallest absolute Gasteiger partial charge is 0.251 e. The van der Waals surface area contributed by atoms with Crippen molar-refractivity contribution in [2.45, 2.75) is 32.3 Å². The Hall–Kier alpha value is -2.66.